The maximum absolute atomic E-state index is 13.0. The molecule has 0 bridgehead atoms. The number of carbonyl (C=O) groups excluding carboxylic acids is 3. The van der Waals surface area contributed by atoms with Gasteiger partial charge in [0, 0.05) is 24.3 Å². The minimum absolute atomic E-state index is 0.0671. The summed E-state index contributed by atoms with van der Waals surface area (Å²) in [5.74, 6) is -1.04. The van der Waals surface area contributed by atoms with E-state index in [0.29, 0.717) is 37.6 Å². The standard InChI is InChI=1S/C21H26N2O5/c24-18-14-17(21(28-18)7-2-1-3-8-21)19(25)22-16-6-4-5-15(13-16)20(26)23-9-11-27-12-10-23/h4-6,13,17H,1-3,7-12,14H2,(H,22,25)/t17-/m0/s1. The molecule has 2 saturated heterocycles. The van der Waals surface area contributed by atoms with Gasteiger partial charge in [0.1, 0.15) is 5.60 Å². The molecule has 1 atom stereocenters. The molecule has 1 N–H and O–H groups in total. The Morgan fingerprint density at radius 1 is 1.11 bits per heavy atom. The average molecular weight is 386 g/mol. The molecule has 0 unspecified atom stereocenters. The van der Waals surface area contributed by atoms with Crippen molar-refractivity contribution in [1.29, 1.82) is 0 Å². The zero-order chi connectivity index (χ0) is 19.6. The molecule has 0 radical (unpaired) electrons. The Balaban J connectivity index is 1.47. The number of benzene rings is 1. The van der Waals surface area contributed by atoms with Gasteiger partial charge in [0.25, 0.3) is 5.91 Å². The van der Waals surface area contributed by atoms with Crippen LogP contribution in [0.1, 0.15) is 48.9 Å². The Hall–Kier alpha value is -2.41. The van der Waals surface area contributed by atoms with E-state index in [2.05, 4.69) is 5.32 Å². The summed E-state index contributed by atoms with van der Waals surface area (Å²) in [7, 11) is 0. The van der Waals surface area contributed by atoms with E-state index in [0.717, 1.165) is 32.1 Å². The molecule has 0 aromatic heterocycles. The van der Waals surface area contributed by atoms with Crippen LogP contribution in [0.15, 0.2) is 24.3 Å². The number of nitrogens with one attached hydrogen (secondary N) is 1. The number of carbonyl (C=O) groups is 3. The fourth-order valence-corrected chi connectivity index (χ4v) is 4.53. The van der Waals surface area contributed by atoms with E-state index < -0.39 is 11.5 Å². The fraction of sp³-hybridized carbons (Fsp3) is 0.571. The Morgan fingerprint density at radius 3 is 2.61 bits per heavy atom. The van der Waals surface area contributed by atoms with Crippen LogP contribution in [-0.2, 0) is 19.1 Å². The molecule has 2 heterocycles. The number of hydrogen-bond acceptors (Lipinski definition) is 5. The van der Waals surface area contributed by atoms with Gasteiger partial charge < -0.3 is 19.7 Å². The molecular weight excluding hydrogens is 360 g/mol. The van der Waals surface area contributed by atoms with Gasteiger partial charge in [0.2, 0.25) is 5.91 Å². The molecule has 4 rings (SSSR count). The van der Waals surface area contributed by atoms with E-state index in [1.54, 1.807) is 29.2 Å². The molecule has 1 aliphatic carbocycles. The number of morpholine rings is 1. The van der Waals surface area contributed by atoms with E-state index in [1.807, 2.05) is 0 Å². The number of hydrogen-bond donors (Lipinski definition) is 1. The molecular formula is C21H26N2O5. The second-order valence-electron chi connectivity index (χ2n) is 7.83. The number of esters is 1. The lowest BCUT2D eigenvalue weighted by atomic mass is 9.75. The predicted octanol–water partition coefficient (Wildman–Crippen LogP) is 2.36. The van der Waals surface area contributed by atoms with Gasteiger partial charge in [-0.25, -0.2) is 0 Å². The smallest absolute Gasteiger partial charge is 0.307 e. The van der Waals surface area contributed by atoms with Gasteiger partial charge in [-0.1, -0.05) is 12.5 Å². The molecule has 7 nitrogen and oxygen atoms in total. The minimum Gasteiger partial charge on any atom is -0.458 e. The van der Waals surface area contributed by atoms with Crippen molar-refractivity contribution >= 4 is 23.5 Å². The van der Waals surface area contributed by atoms with Crippen molar-refractivity contribution < 1.29 is 23.9 Å². The second kappa shape index (κ2) is 7.91. The highest BCUT2D eigenvalue weighted by Crippen LogP contribution is 2.44. The maximum Gasteiger partial charge on any atom is 0.307 e. The van der Waals surface area contributed by atoms with E-state index in [9.17, 15) is 14.4 Å². The normalized spacial score (nSPS) is 24.1. The summed E-state index contributed by atoms with van der Waals surface area (Å²) in [6, 6.07) is 6.97. The summed E-state index contributed by atoms with van der Waals surface area (Å²) in [5, 5.41) is 2.91. The number of rotatable bonds is 3. The predicted molar refractivity (Wildman–Crippen MR) is 102 cm³/mol. The molecule has 1 spiro atoms. The van der Waals surface area contributed by atoms with Crippen molar-refractivity contribution in [2.45, 2.75) is 44.1 Å². The third-order valence-corrected chi connectivity index (χ3v) is 6.01. The summed E-state index contributed by atoms with van der Waals surface area (Å²) in [5.41, 5.74) is 0.445. The van der Waals surface area contributed by atoms with E-state index in [1.165, 1.54) is 0 Å². The molecule has 1 aromatic carbocycles. The van der Waals surface area contributed by atoms with Crippen LogP contribution >= 0.6 is 0 Å². The Bertz CT molecular complexity index is 766. The van der Waals surface area contributed by atoms with Gasteiger partial charge in [0.05, 0.1) is 25.6 Å². The Labute approximate surface area is 164 Å². The quantitative estimate of drug-likeness (QED) is 0.806. The molecule has 1 aromatic rings. The third-order valence-electron chi connectivity index (χ3n) is 6.01. The summed E-state index contributed by atoms with van der Waals surface area (Å²) in [6.45, 7) is 2.22. The van der Waals surface area contributed by atoms with Crippen molar-refractivity contribution in [1.82, 2.24) is 4.90 Å². The minimum atomic E-state index is -0.652. The highest BCUT2D eigenvalue weighted by atomic mass is 16.6. The molecule has 7 heteroatoms. The lowest BCUT2D eigenvalue weighted by Crippen LogP contribution is -2.43. The van der Waals surface area contributed by atoms with Gasteiger partial charge in [-0.3, -0.25) is 14.4 Å². The van der Waals surface area contributed by atoms with Gasteiger partial charge in [-0.05, 0) is 43.9 Å². The zero-order valence-electron chi connectivity index (χ0n) is 15.9. The molecule has 2 amide bonds. The van der Waals surface area contributed by atoms with Gasteiger partial charge in [0.15, 0.2) is 0 Å². The number of anilines is 1. The summed E-state index contributed by atoms with van der Waals surface area (Å²) >= 11 is 0. The van der Waals surface area contributed by atoms with Crippen LogP contribution in [0.2, 0.25) is 0 Å². The van der Waals surface area contributed by atoms with Crippen LogP contribution in [0.5, 0.6) is 0 Å². The van der Waals surface area contributed by atoms with Crippen LogP contribution in [0.4, 0.5) is 5.69 Å². The van der Waals surface area contributed by atoms with Crippen LogP contribution < -0.4 is 5.32 Å². The summed E-state index contributed by atoms with van der Waals surface area (Å²) in [6.07, 6.45) is 4.66. The summed E-state index contributed by atoms with van der Waals surface area (Å²) in [4.78, 5) is 39.3. The van der Waals surface area contributed by atoms with Crippen LogP contribution in [0.3, 0.4) is 0 Å². The molecule has 28 heavy (non-hydrogen) atoms. The molecule has 3 fully saturated rings. The topological polar surface area (TPSA) is 84.9 Å². The summed E-state index contributed by atoms with van der Waals surface area (Å²) < 4.78 is 10.9. The van der Waals surface area contributed by atoms with Gasteiger partial charge >= 0.3 is 5.97 Å². The van der Waals surface area contributed by atoms with Crippen molar-refractivity contribution in [3.8, 4) is 0 Å². The molecule has 3 aliphatic rings. The van der Waals surface area contributed by atoms with Gasteiger partial charge in [-0.15, -0.1) is 0 Å². The first-order valence-corrected chi connectivity index (χ1v) is 10.1. The monoisotopic (exact) mass is 386 g/mol. The number of amides is 2. The van der Waals surface area contributed by atoms with E-state index >= 15 is 0 Å². The average Bonchev–Trinajstić information content (AvgIpc) is 3.04. The van der Waals surface area contributed by atoms with Crippen molar-refractivity contribution in [2.24, 2.45) is 5.92 Å². The lowest BCUT2D eigenvalue weighted by Gasteiger charge is -2.36. The fourth-order valence-electron chi connectivity index (χ4n) is 4.53. The third kappa shape index (κ3) is 3.76. The number of nitrogens with zero attached hydrogens (tertiary/aromatic N) is 1. The second-order valence-corrected chi connectivity index (χ2v) is 7.83. The SMILES string of the molecule is O=C1C[C@@H](C(=O)Nc2cccc(C(=O)N3CCOCC3)c2)C2(CCCCC2)O1. The highest BCUT2D eigenvalue weighted by molar-refractivity contribution is 5.99. The van der Waals surface area contributed by atoms with Crippen molar-refractivity contribution in [3.63, 3.8) is 0 Å². The first-order valence-electron chi connectivity index (χ1n) is 10.1. The van der Waals surface area contributed by atoms with E-state index in [-0.39, 0.29) is 24.2 Å². The van der Waals surface area contributed by atoms with E-state index in [4.69, 9.17) is 9.47 Å². The molecule has 2 aliphatic heterocycles. The Kier molecular flexibility index (Phi) is 5.35. The van der Waals surface area contributed by atoms with Crippen molar-refractivity contribution in [2.75, 3.05) is 31.6 Å². The zero-order valence-corrected chi connectivity index (χ0v) is 15.9. The molecule has 150 valence electrons. The van der Waals surface area contributed by atoms with Crippen LogP contribution in [0.25, 0.3) is 0 Å². The van der Waals surface area contributed by atoms with Gasteiger partial charge in [-0.2, -0.15) is 0 Å². The lowest BCUT2D eigenvalue weighted by molar-refractivity contribution is -0.153. The van der Waals surface area contributed by atoms with Crippen molar-refractivity contribution in [3.05, 3.63) is 29.8 Å². The first-order chi connectivity index (χ1) is 13.6. The largest absolute Gasteiger partial charge is 0.458 e. The maximum atomic E-state index is 13.0. The number of ether oxygens (including phenoxy) is 2. The highest BCUT2D eigenvalue weighted by Gasteiger charge is 2.52. The molecule has 1 saturated carbocycles. The van der Waals surface area contributed by atoms with Crippen LogP contribution in [0, 0.1) is 5.92 Å². The Morgan fingerprint density at radius 2 is 1.86 bits per heavy atom. The first kappa shape index (κ1) is 18.9. The van der Waals surface area contributed by atoms with Crippen LogP contribution in [-0.4, -0.2) is 54.6 Å².